The van der Waals surface area contributed by atoms with E-state index in [1.165, 1.54) is 13.4 Å². The van der Waals surface area contributed by atoms with Gasteiger partial charge in [0.1, 0.15) is 18.7 Å². The Balaban J connectivity index is 0.00000392. The Labute approximate surface area is 179 Å². The van der Waals surface area contributed by atoms with Gasteiger partial charge in [-0.1, -0.05) is 6.07 Å². The van der Waals surface area contributed by atoms with Gasteiger partial charge in [-0.25, -0.2) is 9.98 Å². The molecule has 0 aliphatic rings. The minimum Gasteiger partial charge on any atom is -0.493 e. The van der Waals surface area contributed by atoms with E-state index in [2.05, 4.69) is 30.4 Å². The summed E-state index contributed by atoms with van der Waals surface area (Å²) in [5.74, 6) is 1.67. The Bertz CT molecular complexity index is 757. The van der Waals surface area contributed by atoms with Crippen LogP contribution < -0.4 is 20.1 Å². The van der Waals surface area contributed by atoms with Gasteiger partial charge in [-0.15, -0.1) is 24.0 Å². The topological polar surface area (TPSA) is 85.6 Å². The number of hydrogen-bond donors (Lipinski definition) is 2. The summed E-state index contributed by atoms with van der Waals surface area (Å²) in [6.45, 7) is 0.725. The normalized spacial score (nSPS) is 11.1. The summed E-state index contributed by atoms with van der Waals surface area (Å²) in [4.78, 5) is 8.59. The summed E-state index contributed by atoms with van der Waals surface area (Å²) in [6.07, 6.45) is 2.08. The van der Waals surface area contributed by atoms with Crippen LogP contribution in [0.4, 0.5) is 8.78 Å². The van der Waals surface area contributed by atoms with E-state index in [-0.39, 0.29) is 35.5 Å². The number of nitrogens with one attached hydrogen (secondary N) is 2. The predicted molar refractivity (Wildman–Crippen MR) is 113 cm³/mol. The van der Waals surface area contributed by atoms with Crippen molar-refractivity contribution in [2.45, 2.75) is 26.5 Å². The third-order valence-corrected chi connectivity index (χ3v) is 3.68. The maximum Gasteiger partial charge on any atom is 0.387 e. The van der Waals surface area contributed by atoms with Crippen molar-refractivity contribution < 1.29 is 18.3 Å². The number of aliphatic imine (C=N–C) groups is 1. The van der Waals surface area contributed by atoms with Crippen LogP contribution in [0, 0.1) is 0 Å². The molecule has 0 fully saturated rings. The number of guanidine groups is 1. The number of ether oxygens (including phenoxy) is 2. The van der Waals surface area contributed by atoms with E-state index in [0.29, 0.717) is 32.0 Å². The number of alkyl halides is 2. The molecule has 2 aromatic rings. The number of rotatable bonds is 9. The van der Waals surface area contributed by atoms with Crippen LogP contribution in [0.3, 0.4) is 0 Å². The number of aryl methyl sites for hydroxylation is 1. The standard InChI is InChI=1S/C17H24F2N6O2.HI/c1-4-20-17(22-10-15-23-11-24-25(15)2)21-8-7-12-5-6-13(26-3)14(9-12)27-16(18)19;/h5-6,9,11,16H,4,7-8,10H2,1-3H3,(H2,20,21,22);1H. The first-order chi connectivity index (χ1) is 13.0. The fourth-order valence-electron chi connectivity index (χ4n) is 2.34. The summed E-state index contributed by atoms with van der Waals surface area (Å²) in [7, 11) is 3.21. The number of aromatic nitrogens is 3. The molecule has 0 aliphatic heterocycles. The number of hydrogen-bond acceptors (Lipinski definition) is 5. The van der Waals surface area contributed by atoms with Gasteiger partial charge in [0.2, 0.25) is 0 Å². The largest absolute Gasteiger partial charge is 0.493 e. The average Bonchev–Trinajstić information content (AvgIpc) is 3.04. The molecule has 28 heavy (non-hydrogen) atoms. The fourth-order valence-corrected chi connectivity index (χ4v) is 2.34. The molecule has 1 aromatic heterocycles. The molecule has 0 atom stereocenters. The van der Waals surface area contributed by atoms with E-state index in [4.69, 9.17) is 4.74 Å². The molecule has 1 heterocycles. The van der Waals surface area contributed by atoms with E-state index < -0.39 is 6.61 Å². The van der Waals surface area contributed by atoms with Gasteiger partial charge < -0.3 is 20.1 Å². The van der Waals surface area contributed by atoms with E-state index in [1.807, 2.05) is 13.0 Å². The molecule has 0 aliphatic carbocycles. The van der Waals surface area contributed by atoms with Crippen molar-refractivity contribution in [2.75, 3.05) is 20.2 Å². The number of methoxy groups -OCH3 is 1. The van der Waals surface area contributed by atoms with Crippen molar-refractivity contribution in [1.29, 1.82) is 0 Å². The molecule has 0 radical (unpaired) electrons. The van der Waals surface area contributed by atoms with Crippen LogP contribution >= 0.6 is 24.0 Å². The van der Waals surface area contributed by atoms with Gasteiger partial charge >= 0.3 is 6.61 Å². The third-order valence-electron chi connectivity index (χ3n) is 3.68. The molecule has 156 valence electrons. The second-order valence-corrected chi connectivity index (χ2v) is 5.54. The maximum atomic E-state index is 12.5. The molecule has 0 bridgehead atoms. The molecule has 11 heteroatoms. The summed E-state index contributed by atoms with van der Waals surface area (Å²) >= 11 is 0. The lowest BCUT2D eigenvalue weighted by Gasteiger charge is -2.13. The van der Waals surface area contributed by atoms with Crippen molar-refractivity contribution in [3.8, 4) is 11.5 Å². The van der Waals surface area contributed by atoms with Gasteiger partial charge in [0.15, 0.2) is 17.5 Å². The summed E-state index contributed by atoms with van der Waals surface area (Å²) in [5.41, 5.74) is 0.836. The van der Waals surface area contributed by atoms with Gasteiger partial charge in [-0.2, -0.15) is 13.9 Å². The third kappa shape index (κ3) is 7.44. The fraction of sp³-hybridized carbons (Fsp3) is 0.471. The minimum absolute atomic E-state index is 0. The van der Waals surface area contributed by atoms with Crippen molar-refractivity contribution >= 4 is 29.9 Å². The van der Waals surface area contributed by atoms with Crippen molar-refractivity contribution in [3.63, 3.8) is 0 Å². The average molecular weight is 510 g/mol. The summed E-state index contributed by atoms with van der Waals surface area (Å²) in [5, 5.41) is 10.4. The van der Waals surface area contributed by atoms with Crippen LogP contribution in [0.15, 0.2) is 29.5 Å². The molecule has 0 amide bonds. The van der Waals surface area contributed by atoms with Gasteiger partial charge in [-0.05, 0) is 31.0 Å². The lowest BCUT2D eigenvalue weighted by molar-refractivity contribution is -0.0512. The zero-order valence-electron chi connectivity index (χ0n) is 16.0. The Morgan fingerprint density at radius 3 is 2.68 bits per heavy atom. The highest BCUT2D eigenvalue weighted by atomic mass is 127. The second kappa shape index (κ2) is 12.3. The predicted octanol–water partition coefficient (Wildman–Crippen LogP) is 2.34. The number of nitrogens with zero attached hydrogens (tertiary/aromatic N) is 4. The van der Waals surface area contributed by atoms with Crippen LogP contribution in [0.5, 0.6) is 11.5 Å². The van der Waals surface area contributed by atoms with Crippen molar-refractivity contribution in [2.24, 2.45) is 12.0 Å². The molecule has 2 rings (SSSR count). The highest BCUT2D eigenvalue weighted by Crippen LogP contribution is 2.29. The molecule has 1 aromatic carbocycles. The molecular formula is C17H25F2IN6O2. The Hall–Kier alpha value is -2.18. The summed E-state index contributed by atoms with van der Waals surface area (Å²) in [6, 6.07) is 4.97. The van der Waals surface area contributed by atoms with E-state index in [0.717, 1.165) is 11.4 Å². The minimum atomic E-state index is -2.90. The first-order valence-corrected chi connectivity index (χ1v) is 8.50. The number of benzene rings is 1. The quantitative estimate of drug-likeness (QED) is 0.306. The van der Waals surface area contributed by atoms with Crippen LogP contribution in [0.2, 0.25) is 0 Å². The highest BCUT2D eigenvalue weighted by molar-refractivity contribution is 14.0. The molecular weight excluding hydrogens is 485 g/mol. The van der Waals surface area contributed by atoms with Crippen LogP contribution in [-0.4, -0.2) is 47.5 Å². The summed E-state index contributed by atoms with van der Waals surface area (Å²) < 4.78 is 36.2. The van der Waals surface area contributed by atoms with E-state index in [1.54, 1.807) is 23.9 Å². The van der Waals surface area contributed by atoms with Crippen molar-refractivity contribution in [3.05, 3.63) is 35.9 Å². The Kier molecular flexibility index (Phi) is 10.5. The zero-order valence-corrected chi connectivity index (χ0v) is 18.3. The van der Waals surface area contributed by atoms with Gasteiger partial charge in [0.05, 0.1) is 7.11 Å². The van der Waals surface area contributed by atoms with E-state index >= 15 is 0 Å². The molecule has 8 nitrogen and oxygen atoms in total. The smallest absolute Gasteiger partial charge is 0.387 e. The lowest BCUT2D eigenvalue weighted by Crippen LogP contribution is -2.38. The Morgan fingerprint density at radius 1 is 1.29 bits per heavy atom. The van der Waals surface area contributed by atoms with Crippen LogP contribution in [0.1, 0.15) is 18.3 Å². The SMILES string of the molecule is CCNC(=NCc1ncnn1C)NCCc1ccc(OC)c(OC(F)F)c1.I. The molecule has 0 unspecified atom stereocenters. The monoisotopic (exact) mass is 510 g/mol. The van der Waals surface area contributed by atoms with Gasteiger partial charge in [0, 0.05) is 20.1 Å². The molecule has 0 saturated heterocycles. The molecule has 0 saturated carbocycles. The first kappa shape index (κ1) is 23.9. The van der Waals surface area contributed by atoms with E-state index in [9.17, 15) is 8.78 Å². The lowest BCUT2D eigenvalue weighted by atomic mass is 10.1. The van der Waals surface area contributed by atoms with Crippen LogP contribution in [0.25, 0.3) is 0 Å². The maximum absolute atomic E-state index is 12.5. The van der Waals surface area contributed by atoms with Crippen molar-refractivity contribution in [1.82, 2.24) is 25.4 Å². The Morgan fingerprint density at radius 2 is 2.07 bits per heavy atom. The number of halogens is 3. The first-order valence-electron chi connectivity index (χ1n) is 8.50. The molecule has 2 N–H and O–H groups in total. The zero-order chi connectivity index (χ0) is 19.6. The highest BCUT2D eigenvalue weighted by Gasteiger charge is 2.11. The van der Waals surface area contributed by atoms with Gasteiger partial charge in [0.25, 0.3) is 0 Å². The van der Waals surface area contributed by atoms with Gasteiger partial charge in [-0.3, -0.25) is 4.68 Å². The second-order valence-electron chi connectivity index (χ2n) is 5.54. The molecule has 0 spiro atoms. The van der Waals surface area contributed by atoms with Crippen LogP contribution in [-0.2, 0) is 20.0 Å².